The maximum Gasteiger partial charge on any atom is 0.416 e. The zero-order chi connectivity index (χ0) is 17.3. The molecule has 3 aliphatic rings. The van der Waals surface area contributed by atoms with E-state index in [9.17, 15) is 18.0 Å². The molecule has 1 amide bonds. The predicted octanol–water partition coefficient (Wildman–Crippen LogP) is 2.78. The van der Waals surface area contributed by atoms with E-state index in [1.807, 2.05) is 0 Å². The predicted molar refractivity (Wildman–Crippen MR) is 84.2 cm³/mol. The van der Waals surface area contributed by atoms with Crippen molar-refractivity contribution in [3.8, 4) is 12.3 Å². The number of terminal acetylenes is 1. The van der Waals surface area contributed by atoms with Gasteiger partial charge in [-0.05, 0) is 49.6 Å². The van der Waals surface area contributed by atoms with Crippen LogP contribution in [-0.2, 0) is 6.18 Å². The molecule has 1 aromatic rings. The van der Waals surface area contributed by atoms with Crippen LogP contribution in [0.5, 0.6) is 0 Å². The van der Waals surface area contributed by atoms with Crippen molar-refractivity contribution >= 4 is 5.91 Å². The minimum Gasteiger partial charge on any atom is -0.350 e. The van der Waals surface area contributed by atoms with Crippen LogP contribution < -0.4 is 5.32 Å². The van der Waals surface area contributed by atoms with Gasteiger partial charge in [0.05, 0.1) is 5.56 Å². The SMILES string of the molecule is C#C[C@H]1CN2CC[C@H]1C[C@@H]2CNC(=O)c1ccc(C(F)(F)F)cc1. The number of alkyl halides is 3. The average molecular weight is 336 g/mol. The highest BCUT2D eigenvalue weighted by atomic mass is 19.4. The fraction of sp³-hybridized carbons (Fsp3) is 0.500. The Morgan fingerprint density at radius 1 is 1.33 bits per heavy atom. The monoisotopic (exact) mass is 336 g/mol. The third-order valence-corrected chi connectivity index (χ3v) is 5.07. The van der Waals surface area contributed by atoms with E-state index in [-0.39, 0.29) is 17.5 Å². The summed E-state index contributed by atoms with van der Waals surface area (Å²) in [6, 6.07) is 4.53. The van der Waals surface area contributed by atoms with Gasteiger partial charge in [-0.3, -0.25) is 9.69 Å². The Morgan fingerprint density at radius 3 is 2.58 bits per heavy atom. The fourth-order valence-electron chi connectivity index (χ4n) is 3.66. The third-order valence-electron chi connectivity index (χ3n) is 5.07. The molecule has 3 heterocycles. The molecule has 4 atom stereocenters. The van der Waals surface area contributed by atoms with Crippen LogP contribution >= 0.6 is 0 Å². The Hall–Kier alpha value is -2.00. The Bertz CT molecular complexity index is 648. The first-order chi connectivity index (χ1) is 11.4. The standard InChI is InChI=1S/C18H19F3N2O/c1-2-12-11-23-8-7-14(12)9-16(23)10-22-17(24)13-3-5-15(6-4-13)18(19,20)21/h1,3-6,12,14,16H,7-11H2,(H,22,24)/t12-,14-,16+/m0/s1. The van der Waals surface area contributed by atoms with Crippen LogP contribution in [0, 0.1) is 24.2 Å². The maximum atomic E-state index is 12.5. The van der Waals surface area contributed by atoms with Crippen LogP contribution in [0.15, 0.2) is 24.3 Å². The highest BCUT2D eigenvalue weighted by Gasteiger charge is 2.39. The summed E-state index contributed by atoms with van der Waals surface area (Å²) in [6.45, 7) is 2.35. The largest absolute Gasteiger partial charge is 0.416 e. The minimum absolute atomic E-state index is 0.237. The van der Waals surface area contributed by atoms with Crippen molar-refractivity contribution in [3.05, 3.63) is 35.4 Å². The van der Waals surface area contributed by atoms with Crippen molar-refractivity contribution < 1.29 is 18.0 Å². The van der Waals surface area contributed by atoms with Crippen molar-refractivity contribution in [2.24, 2.45) is 11.8 Å². The first-order valence-electron chi connectivity index (χ1n) is 8.04. The number of hydrogen-bond acceptors (Lipinski definition) is 2. The first kappa shape index (κ1) is 16.8. The highest BCUT2D eigenvalue weighted by molar-refractivity contribution is 5.94. The van der Waals surface area contributed by atoms with Gasteiger partial charge >= 0.3 is 6.18 Å². The number of halogens is 3. The zero-order valence-corrected chi connectivity index (χ0v) is 13.1. The van der Waals surface area contributed by atoms with Crippen LogP contribution in [0.25, 0.3) is 0 Å². The quantitative estimate of drug-likeness (QED) is 0.861. The van der Waals surface area contributed by atoms with Gasteiger partial charge in [0.15, 0.2) is 0 Å². The maximum absolute atomic E-state index is 12.5. The van der Waals surface area contributed by atoms with E-state index in [4.69, 9.17) is 6.42 Å². The molecule has 0 radical (unpaired) electrons. The van der Waals surface area contributed by atoms with E-state index in [1.54, 1.807) is 0 Å². The van der Waals surface area contributed by atoms with Gasteiger partial charge in [-0.1, -0.05) is 0 Å². The summed E-state index contributed by atoms with van der Waals surface area (Å²) in [7, 11) is 0. The Kier molecular flexibility index (Phi) is 4.55. The molecule has 0 spiro atoms. The number of carbonyl (C=O) groups is 1. The topological polar surface area (TPSA) is 32.3 Å². The minimum atomic E-state index is -4.39. The molecule has 3 nitrogen and oxygen atoms in total. The molecule has 3 fully saturated rings. The molecular weight excluding hydrogens is 317 g/mol. The number of hydrogen-bond donors (Lipinski definition) is 1. The van der Waals surface area contributed by atoms with Gasteiger partial charge in [0.1, 0.15) is 0 Å². The Morgan fingerprint density at radius 2 is 2.04 bits per heavy atom. The summed E-state index contributed by atoms with van der Waals surface area (Å²) in [5.74, 6) is 3.30. The van der Waals surface area contributed by atoms with Crippen molar-refractivity contribution in [1.29, 1.82) is 0 Å². The molecule has 2 bridgehead atoms. The van der Waals surface area contributed by atoms with Crippen LogP contribution in [-0.4, -0.2) is 36.5 Å². The van der Waals surface area contributed by atoms with Gasteiger partial charge in [-0.15, -0.1) is 12.3 Å². The van der Waals surface area contributed by atoms with E-state index in [1.165, 1.54) is 12.1 Å². The fourth-order valence-corrected chi connectivity index (χ4v) is 3.66. The van der Waals surface area contributed by atoms with E-state index >= 15 is 0 Å². The summed E-state index contributed by atoms with van der Waals surface area (Å²) in [5, 5.41) is 2.83. The molecule has 1 N–H and O–H groups in total. The second-order valence-corrected chi connectivity index (χ2v) is 6.49. The van der Waals surface area contributed by atoms with E-state index in [0.29, 0.717) is 18.4 Å². The first-order valence-corrected chi connectivity index (χ1v) is 8.04. The molecule has 1 unspecified atom stereocenters. The van der Waals surface area contributed by atoms with E-state index in [0.717, 1.165) is 38.1 Å². The number of nitrogens with one attached hydrogen (secondary N) is 1. The molecular formula is C18H19F3N2O. The average Bonchev–Trinajstić information content (AvgIpc) is 2.59. The molecule has 128 valence electrons. The summed E-state index contributed by atoms with van der Waals surface area (Å²) in [4.78, 5) is 14.4. The highest BCUT2D eigenvalue weighted by Crippen LogP contribution is 2.35. The molecule has 0 aromatic heterocycles. The van der Waals surface area contributed by atoms with Gasteiger partial charge in [-0.2, -0.15) is 13.2 Å². The Labute approximate surface area is 139 Å². The number of rotatable bonds is 3. The molecule has 0 aliphatic carbocycles. The summed E-state index contributed by atoms with van der Waals surface area (Å²) >= 11 is 0. The molecule has 6 heteroatoms. The molecule has 3 aliphatic heterocycles. The number of carbonyl (C=O) groups excluding carboxylic acids is 1. The number of amides is 1. The number of nitrogens with zero attached hydrogens (tertiary/aromatic N) is 1. The van der Waals surface area contributed by atoms with Crippen LogP contribution in [0.4, 0.5) is 13.2 Å². The molecule has 4 rings (SSSR count). The zero-order valence-electron chi connectivity index (χ0n) is 13.1. The lowest BCUT2D eigenvalue weighted by Gasteiger charge is -2.48. The van der Waals surface area contributed by atoms with Crippen LogP contribution in [0.2, 0.25) is 0 Å². The van der Waals surface area contributed by atoms with Crippen molar-refractivity contribution in [3.63, 3.8) is 0 Å². The van der Waals surface area contributed by atoms with Crippen molar-refractivity contribution in [2.75, 3.05) is 19.6 Å². The van der Waals surface area contributed by atoms with Crippen molar-refractivity contribution in [1.82, 2.24) is 10.2 Å². The lowest BCUT2D eigenvalue weighted by molar-refractivity contribution is -0.137. The Balaban J connectivity index is 1.56. The number of fused-ring (bicyclic) bond motifs is 3. The lowest BCUT2D eigenvalue weighted by atomic mass is 9.76. The molecule has 0 saturated carbocycles. The van der Waals surface area contributed by atoms with Crippen LogP contribution in [0.1, 0.15) is 28.8 Å². The van der Waals surface area contributed by atoms with E-state index < -0.39 is 11.7 Å². The summed E-state index contributed by atoms with van der Waals surface area (Å²) < 4.78 is 37.6. The normalized spacial score (nSPS) is 29.1. The van der Waals surface area contributed by atoms with Crippen molar-refractivity contribution in [2.45, 2.75) is 25.1 Å². The molecule has 24 heavy (non-hydrogen) atoms. The van der Waals surface area contributed by atoms with E-state index in [2.05, 4.69) is 16.1 Å². The second-order valence-electron chi connectivity index (χ2n) is 6.49. The van der Waals surface area contributed by atoms with Gasteiger partial charge in [0.2, 0.25) is 0 Å². The summed E-state index contributed by atoms with van der Waals surface area (Å²) in [5.41, 5.74) is -0.518. The molecule has 1 aromatic carbocycles. The summed E-state index contributed by atoms with van der Waals surface area (Å²) in [6.07, 6.45) is 3.21. The smallest absolute Gasteiger partial charge is 0.350 e. The van der Waals surface area contributed by atoms with Gasteiger partial charge in [0, 0.05) is 30.6 Å². The van der Waals surface area contributed by atoms with Crippen LogP contribution in [0.3, 0.4) is 0 Å². The van der Waals surface area contributed by atoms with Gasteiger partial charge < -0.3 is 5.32 Å². The molecule has 3 saturated heterocycles. The van der Waals surface area contributed by atoms with Gasteiger partial charge in [0.25, 0.3) is 5.91 Å². The third kappa shape index (κ3) is 3.41. The second kappa shape index (κ2) is 6.48. The number of piperidine rings is 3. The van der Waals surface area contributed by atoms with Gasteiger partial charge in [-0.25, -0.2) is 0 Å². The number of benzene rings is 1. The lowest BCUT2D eigenvalue weighted by Crippen LogP contribution is -2.56.